The summed E-state index contributed by atoms with van der Waals surface area (Å²) in [6, 6.07) is 3.63. The molecule has 10 nitrogen and oxygen atoms in total. The van der Waals surface area contributed by atoms with Crippen LogP contribution < -0.4 is 19.5 Å². The van der Waals surface area contributed by atoms with Crippen LogP contribution in [0.15, 0.2) is 17.3 Å². The molecule has 4 rings (SSSR count). The van der Waals surface area contributed by atoms with Gasteiger partial charge in [0.25, 0.3) is 0 Å². The number of ether oxygens (including phenoxy) is 4. The highest BCUT2D eigenvalue weighted by Crippen LogP contribution is 2.42. The Morgan fingerprint density at radius 1 is 1.08 bits per heavy atom. The average Bonchev–Trinajstić information content (AvgIpc) is 3.51. The summed E-state index contributed by atoms with van der Waals surface area (Å²) >= 11 is 2.76. The normalized spacial score (nSPS) is 12.7. The van der Waals surface area contributed by atoms with Gasteiger partial charge in [-0.2, -0.15) is 0 Å². The molecule has 0 saturated carbocycles. The van der Waals surface area contributed by atoms with Gasteiger partial charge < -0.3 is 28.8 Å². The number of nitrogens with zero attached hydrogens (tertiary/aromatic N) is 3. The largest absolute Gasteiger partial charge is 0.493 e. The van der Waals surface area contributed by atoms with Crippen molar-refractivity contribution < 1.29 is 28.5 Å². The minimum atomic E-state index is -0.381. The molecular formula is C27H34N4O6S2. The van der Waals surface area contributed by atoms with Crippen molar-refractivity contribution in [1.82, 2.24) is 14.8 Å². The number of amides is 1. The summed E-state index contributed by atoms with van der Waals surface area (Å²) in [5.41, 5.74) is 2.26. The van der Waals surface area contributed by atoms with E-state index in [4.69, 9.17) is 18.9 Å². The van der Waals surface area contributed by atoms with Gasteiger partial charge in [0.1, 0.15) is 5.00 Å². The van der Waals surface area contributed by atoms with Crippen molar-refractivity contribution in [3.63, 3.8) is 0 Å². The number of esters is 1. The van der Waals surface area contributed by atoms with Gasteiger partial charge in [0, 0.05) is 17.0 Å². The second kappa shape index (κ2) is 12.7. The van der Waals surface area contributed by atoms with Crippen molar-refractivity contribution in [2.45, 2.75) is 64.3 Å². The average molecular weight is 575 g/mol. The number of aromatic nitrogens is 3. The van der Waals surface area contributed by atoms with Crippen LogP contribution in [0.5, 0.6) is 17.2 Å². The van der Waals surface area contributed by atoms with Crippen LogP contribution >= 0.6 is 23.1 Å². The Morgan fingerprint density at radius 3 is 2.38 bits per heavy atom. The zero-order chi connectivity index (χ0) is 28.1. The first-order valence-corrected chi connectivity index (χ1v) is 14.6. The minimum absolute atomic E-state index is 0.106. The molecule has 12 heteroatoms. The van der Waals surface area contributed by atoms with Crippen molar-refractivity contribution in [1.29, 1.82) is 0 Å². The lowest BCUT2D eigenvalue weighted by Gasteiger charge is -2.14. The molecule has 3 aromatic rings. The van der Waals surface area contributed by atoms with E-state index < -0.39 is 0 Å². The summed E-state index contributed by atoms with van der Waals surface area (Å²) in [4.78, 5) is 27.1. The smallest absolute Gasteiger partial charge is 0.341 e. The van der Waals surface area contributed by atoms with Crippen LogP contribution in [0, 0.1) is 0 Å². The fourth-order valence-electron chi connectivity index (χ4n) is 4.54. The molecule has 2 aromatic heterocycles. The van der Waals surface area contributed by atoms with Crippen molar-refractivity contribution in [2.24, 2.45) is 0 Å². The van der Waals surface area contributed by atoms with E-state index in [1.54, 1.807) is 21.3 Å². The number of thioether (sulfide) groups is 1. The van der Waals surface area contributed by atoms with Gasteiger partial charge in [-0.25, -0.2) is 4.79 Å². The summed E-state index contributed by atoms with van der Waals surface area (Å²) in [6.45, 7) is 6.22. The quantitative estimate of drug-likeness (QED) is 0.243. The van der Waals surface area contributed by atoms with Crippen molar-refractivity contribution >= 4 is 40.0 Å². The summed E-state index contributed by atoms with van der Waals surface area (Å²) in [7, 11) is 4.67. The molecule has 0 spiro atoms. The molecule has 210 valence electrons. The third-order valence-electron chi connectivity index (χ3n) is 6.26. The van der Waals surface area contributed by atoms with E-state index in [1.807, 2.05) is 37.5 Å². The Hall–Kier alpha value is -3.25. The van der Waals surface area contributed by atoms with Crippen LogP contribution in [-0.4, -0.2) is 59.8 Å². The molecule has 1 N–H and O–H groups in total. The van der Waals surface area contributed by atoms with Crippen LogP contribution in [0.4, 0.5) is 5.00 Å². The number of benzene rings is 1. The molecule has 0 atom stereocenters. The zero-order valence-electron chi connectivity index (χ0n) is 23.1. The Morgan fingerprint density at radius 2 is 1.77 bits per heavy atom. The van der Waals surface area contributed by atoms with Crippen LogP contribution in [0.3, 0.4) is 0 Å². The van der Waals surface area contributed by atoms with E-state index in [0.29, 0.717) is 45.3 Å². The molecule has 39 heavy (non-hydrogen) atoms. The van der Waals surface area contributed by atoms with Gasteiger partial charge in [0.05, 0.1) is 38.7 Å². The van der Waals surface area contributed by atoms with E-state index in [1.165, 1.54) is 23.1 Å². The molecule has 2 heterocycles. The SMILES string of the molecule is CCn1c(SCC(=O)Nc2sc3c(c2C(=O)OC(C)C)CCCC3)nnc1-c1cc(OC)c(OC)c(OC)c1. The first-order chi connectivity index (χ1) is 18.8. The Bertz CT molecular complexity index is 1330. The van der Waals surface area contributed by atoms with Gasteiger partial charge in [0.2, 0.25) is 11.7 Å². The van der Waals surface area contributed by atoms with E-state index in [0.717, 1.165) is 41.7 Å². The van der Waals surface area contributed by atoms with Gasteiger partial charge in [-0.15, -0.1) is 21.5 Å². The second-order valence-corrected chi connectivity index (χ2v) is 11.2. The Kier molecular flexibility index (Phi) is 9.39. The van der Waals surface area contributed by atoms with Gasteiger partial charge in [-0.05, 0) is 64.2 Å². The summed E-state index contributed by atoms with van der Waals surface area (Å²) < 4.78 is 23.8. The first kappa shape index (κ1) is 28.8. The van der Waals surface area contributed by atoms with Gasteiger partial charge in [0.15, 0.2) is 22.5 Å². The number of fused-ring (bicyclic) bond motifs is 1. The van der Waals surface area contributed by atoms with Crippen LogP contribution in [-0.2, 0) is 28.9 Å². The highest BCUT2D eigenvalue weighted by molar-refractivity contribution is 7.99. The zero-order valence-corrected chi connectivity index (χ0v) is 24.7. The van der Waals surface area contributed by atoms with E-state index in [2.05, 4.69) is 15.5 Å². The number of carbonyl (C=O) groups is 2. The summed E-state index contributed by atoms with van der Waals surface area (Å²) in [5.74, 6) is 1.63. The third kappa shape index (κ3) is 6.17. The molecule has 1 aliphatic rings. The molecule has 0 bridgehead atoms. The highest BCUT2D eigenvalue weighted by atomic mass is 32.2. The Balaban J connectivity index is 1.53. The number of carbonyl (C=O) groups excluding carboxylic acids is 2. The molecule has 0 aliphatic heterocycles. The predicted molar refractivity (Wildman–Crippen MR) is 152 cm³/mol. The first-order valence-electron chi connectivity index (χ1n) is 12.8. The standard InChI is InChI=1S/C27H34N4O6S2/c1-7-31-24(16-12-18(34-4)23(36-6)19(13-16)35-5)29-30-27(31)38-14-21(32)28-25-22(26(33)37-15(2)3)17-10-8-9-11-20(17)39-25/h12-13,15H,7-11,14H2,1-6H3,(H,28,32). The molecule has 0 radical (unpaired) electrons. The van der Waals surface area contributed by atoms with Gasteiger partial charge in [-0.1, -0.05) is 11.8 Å². The van der Waals surface area contributed by atoms with Crippen LogP contribution in [0.25, 0.3) is 11.4 Å². The number of thiophene rings is 1. The Labute approximate surface area is 236 Å². The van der Waals surface area contributed by atoms with Gasteiger partial charge >= 0.3 is 5.97 Å². The number of aryl methyl sites for hydroxylation is 1. The monoisotopic (exact) mass is 574 g/mol. The molecule has 0 saturated heterocycles. The molecular weight excluding hydrogens is 540 g/mol. The summed E-state index contributed by atoms with van der Waals surface area (Å²) in [5, 5.41) is 12.8. The van der Waals surface area contributed by atoms with E-state index >= 15 is 0 Å². The second-order valence-electron chi connectivity index (χ2n) is 9.17. The van der Waals surface area contributed by atoms with E-state index in [9.17, 15) is 9.59 Å². The number of hydrogen-bond acceptors (Lipinski definition) is 10. The molecule has 1 aromatic carbocycles. The van der Waals surface area contributed by atoms with E-state index in [-0.39, 0.29) is 23.7 Å². The van der Waals surface area contributed by atoms with Crippen molar-refractivity contribution in [3.05, 3.63) is 28.1 Å². The lowest BCUT2D eigenvalue weighted by atomic mass is 9.95. The molecule has 0 fully saturated rings. The summed E-state index contributed by atoms with van der Waals surface area (Å²) in [6.07, 6.45) is 3.60. The molecule has 0 unspecified atom stereocenters. The fourth-order valence-corrected chi connectivity index (χ4v) is 6.64. The fraction of sp³-hybridized carbons (Fsp3) is 0.481. The third-order valence-corrected chi connectivity index (χ3v) is 8.43. The maximum Gasteiger partial charge on any atom is 0.341 e. The number of hydrogen-bond donors (Lipinski definition) is 1. The lowest BCUT2D eigenvalue weighted by molar-refractivity contribution is -0.113. The van der Waals surface area contributed by atoms with Crippen LogP contribution in [0.2, 0.25) is 0 Å². The lowest BCUT2D eigenvalue weighted by Crippen LogP contribution is -2.19. The van der Waals surface area contributed by atoms with Crippen molar-refractivity contribution in [2.75, 3.05) is 32.4 Å². The molecule has 1 aliphatic carbocycles. The van der Waals surface area contributed by atoms with Crippen LogP contribution in [0.1, 0.15) is 54.4 Å². The number of methoxy groups -OCH3 is 3. The topological polar surface area (TPSA) is 114 Å². The highest BCUT2D eigenvalue weighted by Gasteiger charge is 2.28. The van der Waals surface area contributed by atoms with Gasteiger partial charge in [-0.3, -0.25) is 4.79 Å². The number of nitrogens with one attached hydrogen (secondary N) is 1. The predicted octanol–water partition coefficient (Wildman–Crippen LogP) is 5.23. The number of rotatable bonds is 11. The maximum absolute atomic E-state index is 13.0. The minimum Gasteiger partial charge on any atom is -0.493 e. The number of anilines is 1. The van der Waals surface area contributed by atoms with Crippen molar-refractivity contribution in [3.8, 4) is 28.6 Å². The maximum atomic E-state index is 13.0. The molecule has 1 amide bonds.